The molecule has 2 aromatic carbocycles. The molecule has 25 heavy (non-hydrogen) atoms. The third-order valence-electron chi connectivity index (χ3n) is 4.96. The molecule has 0 spiro atoms. The van der Waals surface area contributed by atoms with Gasteiger partial charge in [-0.1, -0.05) is 62.7 Å². The second kappa shape index (κ2) is 6.58. The van der Waals surface area contributed by atoms with E-state index in [0.29, 0.717) is 11.4 Å². The highest BCUT2D eigenvalue weighted by atomic mass is 32.2. The summed E-state index contributed by atoms with van der Waals surface area (Å²) in [7, 11) is -3.48. The monoisotopic (exact) mass is 357 g/mol. The molecule has 1 fully saturated rings. The van der Waals surface area contributed by atoms with E-state index in [1.807, 2.05) is 37.3 Å². The first-order valence-electron chi connectivity index (χ1n) is 8.88. The highest BCUT2D eigenvalue weighted by Gasteiger charge is 2.36. The van der Waals surface area contributed by atoms with Gasteiger partial charge in [0.05, 0.1) is 10.9 Å². The first-order chi connectivity index (χ1) is 11.7. The molecule has 0 aromatic heterocycles. The van der Waals surface area contributed by atoms with Gasteiger partial charge in [-0.15, -0.1) is 0 Å². The lowest BCUT2D eigenvalue weighted by atomic mass is 9.87. The van der Waals surface area contributed by atoms with Crippen LogP contribution in [0.3, 0.4) is 0 Å². The van der Waals surface area contributed by atoms with Crippen LogP contribution in [0.15, 0.2) is 53.4 Å². The molecule has 3 nitrogen and oxygen atoms in total. The average Bonchev–Trinajstić information content (AvgIpc) is 3.04. The molecule has 2 aromatic rings. The van der Waals surface area contributed by atoms with Crippen molar-refractivity contribution in [3.8, 4) is 0 Å². The second-order valence-corrected chi connectivity index (χ2v) is 9.85. The van der Waals surface area contributed by atoms with Gasteiger partial charge >= 0.3 is 0 Å². The first kappa shape index (κ1) is 18.2. The molecule has 134 valence electrons. The molecule has 0 unspecified atom stereocenters. The van der Waals surface area contributed by atoms with Crippen LogP contribution < -0.4 is 0 Å². The minimum atomic E-state index is -3.48. The lowest BCUT2D eigenvalue weighted by Crippen LogP contribution is -2.30. The maximum atomic E-state index is 13.2. The van der Waals surface area contributed by atoms with E-state index in [1.165, 1.54) is 0 Å². The molecule has 1 heterocycles. The van der Waals surface area contributed by atoms with Gasteiger partial charge in [0.15, 0.2) is 0 Å². The SMILES string of the molecule is Cc1cccc([C@H]2CCCN2S(=O)(=O)c2ccc(C(C)(C)C)cc2)c1. The van der Waals surface area contributed by atoms with Gasteiger partial charge in [-0.3, -0.25) is 0 Å². The van der Waals surface area contributed by atoms with Gasteiger partial charge in [0, 0.05) is 6.54 Å². The van der Waals surface area contributed by atoms with E-state index in [2.05, 4.69) is 26.8 Å². The third kappa shape index (κ3) is 3.65. The van der Waals surface area contributed by atoms with E-state index < -0.39 is 10.0 Å². The van der Waals surface area contributed by atoms with Crippen molar-refractivity contribution in [2.75, 3.05) is 6.54 Å². The minimum absolute atomic E-state index is 0.0139. The zero-order valence-electron chi connectivity index (χ0n) is 15.5. The van der Waals surface area contributed by atoms with Crippen molar-refractivity contribution in [2.24, 2.45) is 0 Å². The molecular formula is C21H27NO2S. The molecule has 0 amide bonds. The van der Waals surface area contributed by atoms with Crippen molar-refractivity contribution in [1.82, 2.24) is 4.31 Å². The van der Waals surface area contributed by atoms with Gasteiger partial charge in [0.25, 0.3) is 0 Å². The van der Waals surface area contributed by atoms with Crippen molar-refractivity contribution in [3.63, 3.8) is 0 Å². The molecule has 1 saturated heterocycles. The van der Waals surface area contributed by atoms with Crippen LogP contribution in [0.25, 0.3) is 0 Å². The summed E-state index contributed by atoms with van der Waals surface area (Å²) in [6, 6.07) is 15.5. The van der Waals surface area contributed by atoms with E-state index in [4.69, 9.17) is 0 Å². The molecule has 1 aliphatic heterocycles. The number of hydrogen-bond acceptors (Lipinski definition) is 2. The Labute approximate surface area is 151 Å². The predicted octanol–water partition coefficient (Wildman–Crippen LogP) is 4.82. The Balaban J connectivity index is 1.93. The molecule has 0 aliphatic carbocycles. The highest BCUT2D eigenvalue weighted by Crippen LogP contribution is 2.37. The average molecular weight is 358 g/mol. The van der Waals surface area contributed by atoms with E-state index >= 15 is 0 Å². The van der Waals surface area contributed by atoms with Gasteiger partial charge in [-0.2, -0.15) is 4.31 Å². The number of benzene rings is 2. The Morgan fingerprint density at radius 2 is 1.72 bits per heavy atom. The summed E-state index contributed by atoms with van der Waals surface area (Å²) in [5, 5.41) is 0. The number of sulfonamides is 1. The van der Waals surface area contributed by atoms with Gasteiger partial charge < -0.3 is 0 Å². The van der Waals surface area contributed by atoms with Crippen LogP contribution in [0.4, 0.5) is 0 Å². The summed E-state index contributed by atoms with van der Waals surface area (Å²) in [5.41, 5.74) is 3.41. The van der Waals surface area contributed by atoms with E-state index in [-0.39, 0.29) is 11.5 Å². The molecule has 0 bridgehead atoms. The van der Waals surface area contributed by atoms with Gasteiger partial charge in [0.2, 0.25) is 10.0 Å². The predicted molar refractivity (Wildman–Crippen MR) is 102 cm³/mol. The number of nitrogens with zero attached hydrogens (tertiary/aromatic N) is 1. The van der Waals surface area contributed by atoms with E-state index in [9.17, 15) is 8.42 Å². The normalized spacial score (nSPS) is 19.3. The highest BCUT2D eigenvalue weighted by molar-refractivity contribution is 7.89. The van der Waals surface area contributed by atoms with Gasteiger partial charge in [-0.05, 0) is 48.4 Å². The van der Waals surface area contributed by atoms with Crippen LogP contribution in [-0.4, -0.2) is 19.3 Å². The van der Waals surface area contributed by atoms with Crippen LogP contribution in [-0.2, 0) is 15.4 Å². The Hall–Kier alpha value is -1.65. The van der Waals surface area contributed by atoms with Crippen molar-refractivity contribution in [3.05, 3.63) is 65.2 Å². The Morgan fingerprint density at radius 3 is 2.32 bits per heavy atom. The second-order valence-electron chi connectivity index (χ2n) is 7.96. The first-order valence-corrected chi connectivity index (χ1v) is 10.3. The lowest BCUT2D eigenvalue weighted by molar-refractivity contribution is 0.396. The summed E-state index contributed by atoms with van der Waals surface area (Å²) in [4.78, 5) is 0.389. The molecule has 0 N–H and O–H groups in total. The molecule has 1 aliphatic rings. The standard InChI is InChI=1S/C21H27NO2S/c1-16-7-5-8-17(15-16)20-9-6-14-22(20)25(23,24)19-12-10-18(11-13-19)21(2,3)4/h5,7-8,10-13,15,20H,6,9,14H2,1-4H3/t20-/m1/s1. The fourth-order valence-electron chi connectivity index (χ4n) is 3.50. The number of aryl methyl sites for hydroxylation is 1. The van der Waals surface area contributed by atoms with Crippen molar-refractivity contribution in [2.45, 2.75) is 56.9 Å². The Morgan fingerprint density at radius 1 is 1.04 bits per heavy atom. The summed E-state index contributed by atoms with van der Waals surface area (Å²) in [5.74, 6) is 0. The van der Waals surface area contributed by atoms with Gasteiger partial charge in [-0.25, -0.2) is 8.42 Å². The van der Waals surface area contributed by atoms with E-state index in [0.717, 1.165) is 29.5 Å². The molecule has 3 rings (SSSR count). The van der Waals surface area contributed by atoms with Gasteiger partial charge in [0.1, 0.15) is 0 Å². The third-order valence-corrected chi connectivity index (χ3v) is 6.88. The topological polar surface area (TPSA) is 37.4 Å². The fourth-order valence-corrected chi connectivity index (χ4v) is 5.18. The van der Waals surface area contributed by atoms with Crippen molar-refractivity contribution >= 4 is 10.0 Å². The molecule has 1 atom stereocenters. The van der Waals surface area contributed by atoms with Crippen LogP contribution >= 0.6 is 0 Å². The summed E-state index contributed by atoms with van der Waals surface area (Å²) in [6.07, 6.45) is 1.78. The smallest absolute Gasteiger partial charge is 0.207 e. The molecular weight excluding hydrogens is 330 g/mol. The summed E-state index contributed by atoms with van der Waals surface area (Å²) < 4.78 is 28.1. The van der Waals surface area contributed by atoms with Crippen molar-refractivity contribution < 1.29 is 8.42 Å². The van der Waals surface area contributed by atoms with E-state index in [1.54, 1.807) is 16.4 Å². The summed E-state index contributed by atoms with van der Waals surface area (Å²) in [6.45, 7) is 9.02. The molecule has 0 saturated carbocycles. The maximum absolute atomic E-state index is 13.2. The fraction of sp³-hybridized carbons (Fsp3) is 0.429. The molecule has 0 radical (unpaired) electrons. The van der Waals surface area contributed by atoms with Crippen LogP contribution in [0.1, 0.15) is 56.3 Å². The zero-order chi connectivity index (χ0) is 18.2. The van der Waals surface area contributed by atoms with Crippen LogP contribution in [0.5, 0.6) is 0 Å². The number of rotatable bonds is 3. The lowest BCUT2D eigenvalue weighted by Gasteiger charge is -2.25. The Bertz CT molecular complexity index is 848. The minimum Gasteiger partial charge on any atom is -0.207 e. The van der Waals surface area contributed by atoms with Crippen LogP contribution in [0, 0.1) is 6.92 Å². The zero-order valence-corrected chi connectivity index (χ0v) is 16.3. The molecule has 4 heteroatoms. The summed E-state index contributed by atoms with van der Waals surface area (Å²) >= 11 is 0. The Kier molecular flexibility index (Phi) is 4.78. The van der Waals surface area contributed by atoms with Crippen LogP contribution in [0.2, 0.25) is 0 Å². The quantitative estimate of drug-likeness (QED) is 0.790. The van der Waals surface area contributed by atoms with Crippen molar-refractivity contribution in [1.29, 1.82) is 0 Å². The number of hydrogen-bond donors (Lipinski definition) is 0. The largest absolute Gasteiger partial charge is 0.243 e. The maximum Gasteiger partial charge on any atom is 0.243 e.